The van der Waals surface area contributed by atoms with Crippen LogP contribution in [0.2, 0.25) is 0 Å². The minimum absolute atomic E-state index is 0.0757. The molecular formula is C7H14N2O4. The molecule has 0 fully saturated rings. The minimum Gasteiger partial charge on any atom is -0.480 e. The van der Waals surface area contributed by atoms with Crippen LogP contribution in [0.25, 0.3) is 0 Å². The first-order valence-corrected chi connectivity index (χ1v) is 3.94. The van der Waals surface area contributed by atoms with Crippen LogP contribution >= 0.6 is 0 Å². The minimum atomic E-state index is -0.967. The van der Waals surface area contributed by atoms with Gasteiger partial charge in [-0.05, 0) is 13.8 Å². The number of hydrogen-bond donors (Lipinski definition) is 3. The molecule has 0 aliphatic carbocycles. The Hall–Kier alpha value is -1.30. The van der Waals surface area contributed by atoms with E-state index in [0.29, 0.717) is 6.61 Å². The molecule has 0 aromatic rings. The van der Waals surface area contributed by atoms with Crippen molar-refractivity contribution in [3.8, 4) is 0 Å². The van der Waals surface area contributed by atoms with Gasteiger partial charge < -0.3 is 15.2 Å². The lowest BCUT2D eigenvalue weighted by Crippen LogP contribution is -2.42. The van der Waals surface area contributed by atoms with Gasteiger partial charge in [0.15, 0.2) is 0 Å². The summed E-state index contributed by atoms with van der Waals surface area (Å²) >= 11 is 0. The Morgan fingerprint density at radius 2 is 2.15 bits per heavy atom. The number of amides is 1. The van der Waals surface area contributed by atoms with Crippen molar-refractivity contribution < 1.29 is 19.4 Å². The normalized spacial score (nSPS) is 11.8. The van der Waals surface area contributed by atoms with Crippen molar-refractivity contribution >= 4 is 12.1 Å². The van der Waals surface area contributed by atoms with Crippen LogP contribution in [0.4, 0.5) is 4.79 Å². The maximum absolute atomic E-state index is 10.7. The Bertz CT molecular complexity index is 183. The van der Waals surface area contributed by atoms with Gasteiger partial charge >= 0.3 is 12.1 Å². The Morgan fingerprint density at radius 1 is 1.54 bits per heavy atom. The molecule has 0 aliphatic rings. The van der Waals surface area contributed by atoms with E-state index in [2.05, 4.69) is 15.4 Å². The predicted molar refractivity (Wildman–Crippen MR) is 45.3 cm³/mol. The number of carbonyl (C=O) groups excluding carboxylic acids is 1. The number of rotatable bonds is 5. The summed E-state index contributed by atoms with van der Waals surface area (Å²) in [5.41, 5.74) is 0. The van der Waals surface area contributed by atoms with E-state index in [0.717, 1.165) is 0 Å². The van der Waals surface area contributed by atoms with Crippen molar-refractivity contribution in [1.29, 1.82) is 0 Å². The average Bonchev–Trinajstić information content (AvgIpc) is 2.04. The maximum Gasteiger partial charge on any atom is 0.408 e. The van der Waals surface area contributed by atoms with Crippen LogP contribution in [0.3, 0.4) is 0 Å². The highest BCUT2D eigenvalue weighted by atomic mass is 16.5. The molecule has 6 heteroatoms. The van der Waals surface area contributed by atoms with Crippen LogP contribution in [0.1, 0.15) is 13.8 Å². The summed E-state index contributed by atoms with van der Waals surface area (Å²) in [5, 5.41) is 13.3. The lowest BCUT2D eigenvalue weighted by Gasteiger charge is -2.09. The average molecular weight is 190 g/mol. The Kier molecular flexibility index (Phi) is 5.62. The second kappa shape index (κ2) is 6.24. The zero-order valence-corrected chi connectivity index (χ0v) is 7.66. The molecule has 1 amide bonds. The van der Waals surface area contributed by atoms with Crippen LogP contribution in [0.5, 0.6) is 0 Å². The fourth-order valence-electron chi connectivity index (χ4n) is 0.546. The highest BCUT2D eigenvalue weighted by molar-refractivity contribution is 5.73. The molecule has 1 unspecified atom stereocenters. The summed E-state index contributed by atoms with van der Waals surface area (Å²) in [6, 6.07) is -0.693. The van der Waals surface area contributed by atoms with Crippen LogP contribution < -0.4 is 10.6 Å². The number of aliphatic carboxylic acids is 1. The molecule has 13 heavy (non-hydrogen) atoms. The Balaban J connectivity index is 3.44. The molecule has 0 rings (SSSR count). The summed E-state index contributed by atoms with van der Waals surface area (Å²) in [6.07, 6.45) is -0.562. The second-order valence-electron chi connectivity index (χ2n) is 2.34. The summed E-state index contributed by atoms with van der Waals surface area (Å²) in [7, 11) is 0. The predicted octanol–water partition coefficient (Wildman–Crippen LogP) is -0.247. The largest absolute Gasteiger partial charge is 0.480 e. The van der Waals surface area contributed by atoms with Crippen LogP contribution in [0, 0.1) is 0 Å². The van der Waals surface area contributed by atoms with Crippen LogP contribution in [-0.2, 0) is 9.53 Å². The number of carbonyl (C=O) groups is 2. The first-order valence-electron chi connectivity index (χ1n) is 3.94. The molecular weight excluding hydrogens is 176 g/mol. The highest BCUT2D eigenvalue weighted by Crippen LogP contribution is 1.79. The molecule has 0 saturated carbocycles. The van der Waals surface area contributed by atoms with Gasteiger partial charge in [-0.15, -0.1) is 0 Å². The number of hydrogen-bond acceptors (Lipinski definition) is 4. The first-order chi connectivity index (χ1) is 6.07. The van der Waals surface area contributed by atoms with Gasteiger partial charge in [0.1, 0.15) is 6.04 Å². The molecule has 3 N–H and O–H groups in total. The van der Waals surface area contributed by atoms with Gasteiger partial charge in [0, 0.05) is 0 Å². The van der Waals surface area contributed by atoms with E-state index in [9.17, 15) is 9.59 Å². The third-order valence-corrected chi connectivity index (χ3v) is 1.29. The van der Waals surface area contributed by atoms with Gasteiger partial charge in [0.05, 0.1) is 13.3 Å². The van der Waals surface area contributed by atoms with Gasteiger partial charge in [-0.3, -0.25) is 10.1 Å². The number of nitrogens with one attached hydrogen (secondary N) is 2. The van der Waals surface area contributed by atoms with Gasteiger partial charge in [-0.1, -0.05) is 0 Å². The summed E-state index contributed by atoms with van der Waals surface area (Å²) in [6.45, 7) is 3.54. The van der Waals surface area contributed by atoms with Gasteiger partial charge in [0.2, 0.25) is 0 Å². The van der Waals surface area contributed by atoms with E-state index in [1.807, 2.05) is 0 Å². The molecule has 76 valence electrons. The first kappa shape index (κ1) is 11.7. The third-order valence-electron chi connectivity index (χ3n) is 1.29. The maximum atomic E-state index is 10.7. The van der Waals surface area contributed by atoms with E-state index >= 15 is 0 Å². The van der Waals surface area contributed by atoms with E-state index in [1.165, 1.54) is 6.92 Å². The monoisotopic (exact) mass is 190 g/mol. The van der Waals surface area contributed by atoms with Crippen molar-refractivity contribution in [2.45, 2.75) is 19.9 Å². The fraction of sp³-hybridized carbons (Fsp3) is 0.714. The molecule has 0 heterocycles. The SMILES string of the molecule is CCOC(=O)NCNC(C)C(=O)O. The lowest BCUT2D eigenvalue weighted by molar-refractivity contribution is -0.139. The lowest BCUT2D eigenvalue weighted by atomic mass is 10.3. The third kappa shape index (κ3) is 5.92. The smallest absolute Gasteiger partial charge is 0.408 e. The zero-order valence-electron chi connectivity index (χ0n) is 7.66. The quantitative estimate of drug-likeness (QED) is 0.520. The Morgan fingerprint density at radius 3 is 2.62 bits per heavy atom. The van der Waals surface area contributed by atoms with Gasteiger partial charge in [-0.25, -0.2) is 4.79 Å². The fourth-order valence-corrected chi connectivity index (χ4v) is 0.546. The molecule has 0 bridgehead atoms. The standard InChI is InChI=1S/C7H14N2O4/c1-3-13-7(12)9-4-8-5(2)6(10)11/h5,8H,3-4H2,1-2H3,(H,9,12)(H,10,11). The topological polar surface area (TPSA) is 87.7 Å². The summed E-state index contributed by atoms with van der Waals surface area (Å²) in [5.74, 6) is -0.967. The molecule has 0 aromatic heterocycles. The highest BCUT2D eigenvalue weighted by Gasteiger charge is 2.09. The molecule has 0 aromatic carbocycles. The number of carboxylic acids is 1. The Labute approximate surface area is 76.3 Å². The molecule has 0 radical (unpaired) electrons. The van der Waals surface area contributed by atoms with E-state index < -0.39 is 18.1 Å². The number of ether oxygens (including phenoxy) is 1. The molecule has 6 nitrogen and oxygen atoms in total. The van der Waals surface area contributed by atoms with Crippen molar-refractivity contribution in [1.82, 2.24) is 10.6 Å². The van der Waals surface area contributed by atoms with Gasteiger partial charge in [-0.2, -0.15) is 0 Å². The molecule has 1 atom stereocenters. The van der Waals surface area contributed by atoms with Crippen molar-refractivity contribution in [3.63, 3.8) is 0 Å². The van der Waals surface area contributed by atoms with E-state index in [4.69, 9.17) is 5.11 Å². The summed E-state index contributed by atoms with van der Waals surface area (Å²) < 4.78 is 4.55. The van der Waals surface area contributed by atoms with E-state index in [-0.39, 0.29) is 6.67 Å². The summed E-state index contributed by atoms with van der Waals surface area (Å²) in [4.78, 5) is 21.0. The van der Waals surface area contributed by atoms with Gasteiger partial charge in [0.25, 0.3) is 0 Å². The number of carboxylic acid groups (broad SMARTS) is 1. The van der Waals surface area contributed by atoms with Crippen molar-refractivity contribution in [2.75, 3.05) is 13.3 Å². The zero-order chi connectivity index (χ0) is 10.3. The van der Waals surface area contributed by atoms with E-state index in [1.54, 1.807) is 6.92 Å². The molecule has 0 saturated heterocycles. The van der Waals surface area contributed by atoms with Crippen molar-refractivity contribution in [3.05, 3.63) is 0 Å². The van der Waals surface area contributed by atoms with Crippen LogP contribution in [-0.4, -0.2) is 36.5 Å². The van der Waals surface area contributed by atoms with Crippen molar-refractivity contribution in [2.24, 2.45) is 0 Å². The molecule has 0 aliphatic heterocycles. The molecule has 0 spiro atoms. The van der Waals surface area contributed by atoms with Crippen LogP contribution in [0.15, 0.2) is 0 Å². The number of alkyl carbamates (subject to hydrolysis) is 1. The second-order valence-corrected chi connectivity index (χ2v) is 2.34.